The summed E-state index contributed by atoms with van der Waals surface area (Å²) in [5.41, 5.74) is 0.759. The predicted octanol–water partition coefficient (Wildman–Crippen LogP) is 5.04. The van der Waals surface area contributed by atoms with Crippen molar-refractivity contribution in [2.45, 2.75) is 64.1 Å². The van der Waals surface area contributed by atoms with Gasteiger partial charge in [-0.05, 0) is 82.2 Å². The van der Waals surface area contributed by atoms with Gasteiger partial charge >= 0.3 is 12.1 Å². The van der Waals surface area contributed by atoms with Crippen molar-refractivity contribution in [3.8, 4) is 5.75 Å². The zero-order valence-electron chi connectivity index (χ0n) is 22.4. The van der Waals surface area contributed by atoms with Crippen molar-refractivity contribution in [3.63, 3.8) is 0 Å². The summed E-state index contributed by atoms with van der Waals surface area (Å²) in [6.45, 7) is 7.78. The number of hydrogen-bond acceptors (Lipinski definition) is 8. The first-order valence-corrected chi connectivity index (χ1v) is 13.1. The van der Waals surface area contributed by atoms with Crippen LogP contribution in [0.15, 0.2) is 36.4 Å². The highest BCUT2D eigenvalue weighted by molar-refractivity contribution is 5.71. The summed E-state index contributed by atoms with van der Waals surface area (Å²) in [5, 5.41) is 11.0. The second kappa shape index (κ2) is 12.2. The molecule has 39 heavy (non-hydrogen) atoms. The van der Waals surface area contributed by atoms with Gasteiger partial charge in [-0.2, -0.15) is 17.7 Å². The van der Waals surface area contributed by atoms with Crippen molar-refractivity contribution in [1.82, 2.24) is 19.8 Å². The molecule has 3 heterocycles. The molecule has 0 amide bonds. The fourth-order valence-electron chi connectivity index (χ4n) is 4.43. The van der Waals surface area contributed by atoms with Gasteiger partial charge in [0.05, 0.1) is 6.61 Å². The van der Waals surface area contributed by atoms with Gasteiger partial charge in [0.1, 0.15) is 23.8 Å². The van der Waals surface area contributed by atoms with Gasteiger partial charge in [0, 0.05) is 19.7 Å². The first-order valence-electron chi connectivity index (χ1n) is 13.1. The van der Waals surface area contributed by atoms with E-state index in [0.717, 1.165) is 35.9 Å². The van der Waals surface area contributed by atoms with E-state index in [1.54, 1.807) is 6.07 Å². The van der Waals surface area contributed by atoms with E-state index >= 15 is 0 Å². The third-order valence-corrected chi connectivity index (χ3v) is 6.26. The van der Waals surface area contributed by atoms with E-state index in [9.17, 15) is 18.0 Å². The first-order chi connectivity index (χ1) is 18.5. The molecule has 12 heteroatoms. The number of carbonyl (C=O) groups is 1. The maximum Gasteiger partial charge on any atom is 0.453 e. The molecule has 0 radical (unpaired) electrons. The van der Waals surface area contributed by atoms with Gasteiger partial charge in [0.15, 0.2) is 5.65 Å². The number of hydrogen-bond donors (Lipinski definition) is 0. The van der Waals surface area contributed by atoms with E-state index in [0.29, 0.717) is 38.0 Å². The SMILES string of the molecule is CC(C)(C)OC(=O)COCCCCOc1ccc(C2CCN(c3ccc4nnc(C(F)(F)F)n4n3)CC2)cc1. The molecule has 1 saturated heterocycles. The van der Waals surface area contributed by atoms with Crippen LogP contribution in [-0.4, -0.2) is 64.3 Å². The number of esters is 1. The van der Waals surface area contributed by atoms with Gasteiger partial charge in [-0.3, -0.25) is 0 Å². The summed E-state index contributed by atoms with van der Waals surface area (Å²) in [6, 6.07) is 11.2. The van der Waals surface area contributed by atoms with Gasteiger partial charge < -0.3 is 19.1 Å². The average Bonchev–Trinajstić information content (AvgIpc) is 3.32. The van der Waals surface area contributed by atoms with Crippen LogP contribution in [0.5, 0.6) is 5.75 Å². The molecule has 0 N–H and O–H groups in total. The van der Waals surface area contributed by atoms with Crippen LogP contribution < -0.4 is 9.64 Å². The van der Waals surface area contributed by atoms with Gasteiger partial charge in [0.25, 0.3) is 5.82 Å². The van der Waals surface area contributed by atoms with E-state index in [1.807, 2.05) is 37.8 Å². The van der Waals surface area contributed by atoms with Crippen LogP contribution in [-0.2, 0) is 20.4 Å². The smallest absolute Gasteiger partial charge is 0.453 e. The number of benzene rings is 1. The largest absolute Gasteiger partial charge is 0.494 e. The topological polar surface area (TPSA) is 91.1 Å². The molecule has 1 fully saturated rings. The molecule has 1 aliphatic heterocycles. The van der Waals surface area contributed by atoms with E-state index < -0.39 is 17.6 Å². The lowest BCUT2D eigenvalue weighted by Crippen LogP contribution is -2.34. The minimum Gasteiger partial charge on any atom is -0.494 e. The molecular formula is C27H34F3N5O4. The van der Waals surface area contributed by atoms with E-state index in [4.69, 9.17) is 14.2 Å². The lowest BCUT2D eigenvalue weighted by atomic mass is 9.89. The number of aromatic nitrogens is 4. The normalized spacial score (nSPS) is 15.1. The van der Waals surface area contributed by atoms with Gasteiger partial charge in [-0.1, -0.05) is 12.1 Å². The third kappa shape index (κ3) is 8.04. The van der Waals surface area contributed by atoms with Gasteiger partial charge in [-0.15, -0.1) is 15.3 Å². The van der Waals surface area contributed by atoms with Crippen LogP contribution in [0.1, 0.15) is 63.8 Å². The molecule has 3 aromatic rings. The van der Waals surface area contributed by atoms with Crippen LogP contribution in [0.25, 0.3) is 5.65 Å². The van der Waals surface area contributed by atoms with Crippen LogP contribution in [0.3, 0.4) is 0 Å². The van der Waals surface area contributed by atoms with Crippen molar-refractivity contribution >= 4 is 17.4 Å². The number of nitrogens with zero attached hydrogens (tertiary/aromatic N) is 5. The Morgan fingerprint density at radius 3 is 2.33 bits per heavy atom. The van der Waals surface area contributed by atoms with Crippen LogP contribution in [0.2, 0.25) is 0 Å². The predicted molar refractivity (Wildman–Crippen MR) is 138 cm³/mol. The zero-order valence-corrected chi connectivity index (χ0v) is 22.4. The summed E-state index contributed by atoms with van der Waals surface area (Å²) in [5.74, 6) is 0.127. The maximum absolute atomic E-state index is 13.2. The molecule has 1 aromatic carbocycles. The highest BCUT2D eigenvalue weighted by Crippen LogP contribution is 2.32. The number of ether oxygens (including phenoxy) is 3. The van der Waals surface area contributed by atoms with Crippen LogP contribution >= 0.6 is 0 Å². The number of unbranched alkanes of at least 4 members (excludes halogenated alkanes) is 1. The van der Waals surface area contributed by atoms with Crippen molar-refractivity contribution in [2.24, 2.45) is 0 Å². The summed E-state index contributed by atoms with van der Waals surface area (Å²) in [6.07, 6.45) is -1.33. The molecule has 0 atom stereocenters. The molecule has 212 valence electrons. The number of rotatable bonds is 10. The average molecular weight is 550 g/mol. The lowest BCUT2D eigenvalue weighted by Gasteiger charge is -2.33. The van der Waals surface area contributed by atoms with E-state index in [1.165, 1.54) is 11.6 Å². The summed E-state index contributed by atoms with van der Waals surface area (Å²) in [4.78, 5) is 13.6. The van der Waals surface area contributed by atoms with Crippen LogP contribution in [0, 0.1) is 0 Å². The zero-order chi connectivity index (χ0) is 28.0. The minimum atomic E-state index is -4.62. The molecule has 2 aromatic heterocycles. The lowest BCUT2D eigenvalue weighted by molar-refractivity contribution is -0.160. The standard InChI is InChI=1S/C27H34F3N5O4/c1-26(2,3)39-24(36)18-37-16-4-5-17-38-21-8-6-19(7-9-21)20-12-14-34(15-13-20)23-11-10-22-31-32-25(27(28,29)30)35(22)33-23/h6-11,20H,4-5,12-18H2,1-3H3. The first kappa shape index (κ1) is 28.6. The second-order valence-electron chi connectivity index (χ2n) is 10.5. The Balaban J connectivity index is 1.18. The molecule has 9 nitrogen and oxygen atoms in total. The Morgan fingerprint density at radius 2 is 1.67 bits per heavy atom. The van der Waals surface area contributed by atoms with E-state index in [-0.39, 0.29) is 18.2 Å². The minimum absolute atomic E-state index is 0.0503. The number of anilines is 1. The van der Waals surface area contributed by atoms with Crippen molar-refractivity contribution in [1.29, 1.82) is 0 Å². The molecule has 4 rings (SSSR count). The number of halogens is 3. The van der Waals surface area contributed by atoms with Gasteiger partial charge in [0.2, 0.25) is 0 Å². The number of alkyl halides is 3. The summed E-state index contributed by atoms with van der Waals surface area (Å²) in [7, 11) is 0. The second-order valence-corrected chi connectivity index (χ2v) is 10.5. The van der Waals surface area contributed by atoms with Crippen LogP contribution in [0.4, 0.5) is 19.0 Å². The van der Waals surface area contributed by atoms with Gasteiger partial charge in [-0.25, -0.2) is 4.79 Å². The molecule has 0 saturated carbocycles. The Labute approximate surface area is 225 Å². The summed E-state index contributed by atoms with van der Waals surface area (Å²) >= 11 is 0. The number of carbonyl (C=O) groups excluding carboxylic acids is 1. The van der Waals surface area contributed by atoms with Crippen molar-refractivity contribution in [2.75, 3.05) is 37.8 Å². The fraction of sp³-hybridized carbons (Fsp3) is 0.556. The van der Waals surface area contributed by atoms with E-state index in [2.05, 4.69) is 27.4 Å². The molecular weight excluding hydrogens is 515 g/mol. The third-order valence-electron chi connectivity index (χ3n) is 6.26. The molecule has 0 aliphatic carbocycles. The molecule has 0 spiro atoms. The Kier molecular flexibility index (Phi) is 8.94. The molecule has 1 aliphatic rings. The van der Waals surface area contributed by atoms with Crippen molar-refractivity contribution < 1.29 is 32.2 Å². The quantitative estimate of drug-likeness (QED) is 0.257. The Bertz CT molecular complexity index is 1230. The molecule has 0 bridgehead atoms. The maximum atomic E-state index is 13.2. The highest BCUT2D eigenvalue weighted by atomic mass is 19.4. The molecule has 0 unspecified atom stereocenters. The van der Waals surface area contributed by atoms with Crippen molar-refractivity contribution in [3.05, 3.63) is 47.8 Å². The summed E-state index contributed by atoms with van der Waals surface area (Å²) < 4.78 is 56.7. The Morgan fingerprint density at radius 1 is 0.974 bits per heavy atom. The monoisotopic (exact) mass is 549 g/mol. The Hall–Kier alpha value is -3.41. The fourth-order valence-corrected chi connectivity index (χ4v) is 4.43. The number of piperidine rings is 1. The highest BCUT2D eigenvalue weighted by Gasteiger charge is 2.38. The number of fused-ring (bicyclic) bond motifs is 1.